The van der Waals surface area contributed by atoms with Crippen molar-refractivity contribution in [2.24, 2.45) is 0 Å². The van der Waals surface area contributed by atoms with Gasteiger partial charge in [-0.05, 0) is 41.6 Å². The number of nitro groups is 1. The molecule has 0 aliphatic heterocycles. The number of nitrogens with one attached hydrogen (secondary N) is 1. The van der Waals surface area contributed by atoms with Crippen LogP contribution in [0.15, 0.2) is 53.0 Å². The summed E-state index contributed by atoms with van der Waals surface area (Å²) >= 11 is 3.37. The molecule has 1 atom stereocenters. The van der Waals surface area contributed by atoms with Gasteiger partial charge in [0.25, 0.3) is 5.69 Å². The average molecular weight is 431 g/mol. The molecule has 1 amide bonds. The minimum absolute atomic E-state index is 0.0833. The predicted molar refractivity (Wildman–Crippen MR) is 100 cm³/mol. The number of aromatic nitrogens is 4. The van der Waals surface area contributed by atoms with Gasteiger partial charge in [-0.1, -0.05) is 34.1 Å². The lowest BCUT2D eigenvalue weighted by Gasteiger charge is -2.14. The molecule has 138 valence electrons. The summed E-state index contributed by atoms with van der Waals surface area (Å²) < 4.78 is 2.45. The second kappa shape index (κ2) is 8.04. The Morgan fingerprint density at radius 1 is 1.26 bits per heavy atom. The van der Waals surface area contributed by atoms with E-state index in [0.29, 0.717) is 11.4 Å². The molecule has 1 N–H and O–H groups in total. The fourth-order valence-corrected chi connectivity index (χ4v) is 2.86. The molecule has 0 saturated carbocycles. The van der Waals surface area contributed by atoms with Crippen molar-refractivity contribution in [1.29, 1.82) is 0 Å². The highest BCUT2D eigenvalue weighted by atomic mass is 79.9. The fourth-order valence-electron chi connectivity index (χ4n) is 2.60. The van der Waals surface area contributed by atoms with Crippen molar-refractivity contribution in [2.75, 3.05) is 0 Å². The number of para-hydroxylation sites is 1. The van der Waals surface area contributed by atoms with Crippen molar-refractivity contribution < 1.29 is 9.72 Å². The van der Waals surface area contributed by atoms with Crippen molar-refractivity contribution in [3.63, 3.8) is 0 Å². The Kier molecular flexibility index (Phi) is 5.55. The van der Waals surface area contributed by atoms with Crippen molar-refractivity contribution in [3.05, 3.63) is 74.5 Å². The number of amides is 1. The Bertz CT molecular complexity index is 973. The van der Waals surface area contributed by atoms with E-state index in [4.69, 9.17) is 0 Å². The number of hydrogen-bond acceptors (Lipinski definition) is 6. The number of tetrazole rings is 1. The lowest BCUT2D eigenvalue weighted by molar-refractivity contribution is -0.385. The van der Waals surface area contributed by atoms with Crippen LogP contribution in [0.3, 0.4) is 0 Å². The van der Waals surface area contributed by atoms with E-state index in [2.05, 4.69) is 36.8 Å². The van der Waals surface area contributed by atoms with Gasteiger partial charge in [0.1, 0.15) is 0 Å². The zero-order chi connectivity index (χ0) is 19.4. The molecule has 2 aromatic carbocycles. The Hall–Kier alpha value is -3.14. The molecular formula is C17H15BrN6O3. The summed E-state index contributed by atoms with van der Waals surface area (Å²) in [4.78, 5) is 22.9. The molecular weight excluding hydrogens is 416 g/mol. The van der Waals surface area contributed by atoms with E-state index in [1.807, 2.05) is 24.3 Å². The molecule has 9 nitrogen and oxygen atoms in total. The first-order valence-electron chi connectivity index (χ1n) is 8.01. The molecule has 0 radical (unpaired) electrons. The number of rotatable bonds is 6. The zero-order valence-electron chi connectivity index (χ0n) is 14.2. The van der Waals surface area contributed by atoms with Gasteiger partial charge in [-0.3, -0.25) is 14.9 Å². The predicted octanol–water partition coefficient (Wildman–Crippen LogP) is 2.75. The average Bonchev–Trinajstić information content (AvgIpc) is 3.12. The molecule has 0 aliphatic carbocycles. The van der Waals surface area contributed by atoms with Gasteiger partial charge in [0.05, 0.1) is 23.1 Å². The van der Waals surface area contributed by atoms with Gasteiger partial charge >= 0.3 is 0 Å². The second-order valence-corrected chi connectivity index (χ2v) is 6.69. The molecule has 0 aliphatic rings. The van der Waals surface area contributed by atoms with Crippen LogP contribution >= 0.6 is 15.9 Å². The van der Waals surface area contributed by atoms with E-state index in [1.54, 1.807) is 25.1 Å². The highest BCUT2D eigenvalue weighted by Gasteiger charge is 2.20. The highest BCUT2D eigenvalue weighted by molar-refractivity contribution is 9.10. The highest BCUT2D eigenvalue weighted by Crippen LogP contribution is 2.20. The number of carbonyl (C=O) groups is 1. The van der Waals surface area contributed by atoms with Crippen LogP contribution in [-0.4, -0.2) is 31.0 Å². The molecule has 1 heterocycles. The number of halogens is 1. The number of nitro benzene ring substituents is 1. The van der Waals surface area contributed by atoms with Gasteiger partial charge in [-0.15, -0.1) is 5.10 Å². The van der Waals surface area contributed by atoms with Gasteiger partial charge in [0.15, 0.2) is 5.82 Å². The Morgan fingerprint density at radius 3 is 2.67 bits per heavy atom. The van der Waals surface area contributed by atoms with Crippen LogP contribution in [0, 0.1) is 10.1 Å². The Labute approximate surface area is 162 Å². The van der Waals surface area contributed by atoms with Crippen LogP contribution in [0.2, 0.25) is 0 Å². The summed E-state index contributed by atoms with van der Waals surface area (Å²) in [6, 6.07) is 13.1. The quantitative estimate of drug-likeness (QED) is 0.474. The molecule has 1 aromatic heterocycles. The van der Waals surface area contributed by atoms with Gasteiger partial charge in [-0.2, -0.15) is 4.68 Å². The molecule has 3 aromatic rings. The topological polar surface area (TPSA) is 116 Å². The van der Waals surface area contributed by atoms with Gasteiger partial charge in [-0.25, -0.2) is 0 Å². The van der Waals surface area contributed by atoms with E-state index in [0.717, 1.165) is 10.2 Å². The first-order valence-corrected chi connectivity index (χ1v) is 8.81. The second-order valence-electron chi connectivity index (χ2n) is 5.78. The molecule has 27 heavy (non-hydrogen) atoms. The Morgan fingerprint density at radius 2 is 1.96 bits per heavy atom. The lowest BCUT2D eigenvalue weighted by Crippen LogP contribution is -2.30. The molecule has 1 unspecified atom stereocenters. The van der Waals surface area contributed by atoms with E-state index in [9.17, 15) is 14.9 Å². The van der Waals surface area contributed by atoms with Crippen LogP contribution in [0.1, 0.15) is 24.4 Å². The summed E-state index contributed by atoms with van der Waals surface area (Å²) in [5, 5.41) is 25.5. The van der Waals surface area contributed by atoms with E-state index in [1.165, 1.54) is 10.7 Å². The van der Waals surface area contributed by atoms with Crippen LogP contribution in [0.4, 0.5) is 5.69 Å². The molecule has 10 heteroatoms. The summed E-state index contributed by atoms with van der Waals surface area (Å²) in [6.45, 7) is 1.75. The minimum Gasteiger partial charge on any atom is -0.346 e. The summed E-state index contributed by atoms with van der Waals surface area (Å²) in [5.74, 6) is 0.0930. The molecule has 0 saturated heterocycles. The molecule has 0 spiro atoms. The van der Waals surface area contributed by atoms with Crippen LogP contribution < -0.4 is 5.32 Å². The van der Waals surface area contributed by atoms with Crippen LogP contribution in [-0.2, 0) is 11.2 Å². The summed E-state index contributed by atoms with van der Waals surface area (Å²) in [6.07, 6.45) is -0.110. The monoisotopic (exact) mass is 430 g/mol. The van der Waals surface area contributed by atoms with Crippen LogP contribution in [0.25, 0.3) is 5.69 Å². The maximum atomic E-state index is 12.4. The van der Waals surface area contributed by atoms with E-state index < -0.39 is 11.0 Å². The zero-order valence-corrected chi connectivity index (χ0v) is 15.8. The lowest BCUT2D eigenvalue weighted by atomic mass is 10.1. The minimum atomic E-state index is -0.500. The van der Waals surface area contributed by atoms with Crippen LogP contribution in [0.5, 0.6) is 0 Å². The molecule has 0 fully saturated rings. The smallest absolute Gasteiger partial charge is 0.273 e. The fraction of sp³-hybridized carbons (Fsp3) is 0.176. The normalized spacial score (nSPS) is 11.8. The summed E-state index contributed by atoms with van der Waals surface area (Å²) in [7, 11) is 0. The Balaban J connectivity index is 1.74. The van der Waals surface area contributed by atoms with Crippen molar-refractivity contribution in [3.8, 4) is 5.69 Å². The number of benzene rings is 2. The third-order valence-corrected chi connectivity index (χ3v) is 4.40. The van der Waals surface area contributed by atoms with Crippen molar-refractivity contribution in [1.82, 2.24) is 25.5 Å². The van der Waals surface area contributed by atoms with E-state index in [-0.39, 0.29) is 18.0 Å². The van der Waals surface area contributed by atoms with Gasteiger partial charge in [0.2, 0.25) is 5.91 Å². The first-order chi connectivity index (χ1) is 13.0. The number of hydrogen-bond donors (Lipinski definition) is 1. The molecule has 3 rings (SSSR count). The van der Waals surface area contributed by atoms with E-state index >= 15 is 0 Å². The summed E-state index contributed by atoms with van der Waals surface area (Å²) in [5.41, 5.74) is 1.01. The maximum absolute atomic E-state index is 12.4. The van der Waals surface area contributed by atoms with Gasteiger partial charge in [0, 0.05) is 16.1 Å². The number of carbonyl (C=O) groups excluding carboxylic acids is 1. The first kappa shape index (κ1) is 18.6. The SMILES string of the molecule is CC(NC(=O)Cc1ccccc1[N+](=O)[O-])c1nnnn1-c1ccc(Br)cc1. The number of nitrogens with zero attached hydrogens (tertiary/aromatic N) is 5. The largest absolute Gasteiger partial charge is 0.346 e. The van der Waals surface area contributed by atoms with Gasteiger partial charge < -0.3 is 5.32 Å². The molecule has 0 bridgehead atoms. The third-order valence-electron chi connectivity index (χ3n) is 3.87. The maximum Gasteiger partial charge on any atom is 0.273 e. The van der Waals surface area contributed by atoms with Crippen molar-refractivity contribution >= 4 is 27.5 Å². The van der Waals surface area contributed by atoms with Crippen molar-refractivity contribution in [2.45, 2.75) is 19.4 Å². The standard InChI is InChI=1S/C17H15BrN6O3/c1-11(17-20-21-22-23(17)14-8-6-13(18)7-9-14)19-16(25)10-12-4-2-3-5-15(12)24(26)27/h2-9,11H,10H2,1H3,(H,19,25). The third kappa shape index (κ3) is 4.34.